The fraction of sp³-hybridized carbons (Fsp3) is 0.190. The summed E-state index contributed by atoms with van der Waals surface area (Å²) in [6, 6.07) is 10.6. The van der Waals surface area contributed by atoms with Crippen LogP contribution in [0.2, 0.25) is 5.02 Å². The number of carboxylic acids is 1. The molecule has 13 heteroatoms. The molecule has 3 aromatic rings. The molecule has 6 N–H and O–H groups in total. The van der Waals surface area contributed by atoms with E-state index in [0.29, 0.717) is 5.56 Å². The van der Waals surface area contributed by atoms with E-state index in [-0.39, 0.29) is 46.8 Å². The highest BCUT2D eigenvalue weighted by Gasteiger charge is 2.29. The number of aromatic carboxylic acids is 1. The van der Waals surface area contributed by atoms with E-state index in [4.69, 9.17) is 32.6 Å². The Morgan fingerprint density at radius 3 is 2.41 bits per heavy atom. The van der Waals surface area contributed by atoms with Crippen molar-refractivity contribution in [1.82, 2.24) is 10.3 Å². The minimum absolute atomic E-state index is 0.0528. The van der Waals surface area contributed by atoms with Gasteiger partial charge in [-0.25, -0.2) is 18.2 Å². The molecule has 34 heavy (non-hydrogen) atoms. The van der Waals surface area contributed by atoms with Crippen LogP contribution in [0.15, 0.2) is 58.0 Å². The first-order chi connectivity index (χ1) is 16.2. The van der Waals surface area contributed by atoms with Gasteiger partial charge in [-0.2, -0.15) is 0 Å². The summed E-state index contributed by atoms with van der Waals surface area (Å²) in [7, 11) is -4.21. The normalized spacial score (nSPS) is 11.3. The standard InChI is InChI=1S/C21H22ClN5O6S/c22-16-2-1-3-18(15(16)9-24)27(34(31,32)14-6-4-13(8-23)5-7-14)11-19(28)25-10-20-26-17(12-33-20)21(29)30/h1-7,12H,8-11,23-24H2,(H,25,28)(H,29,30). The summed E-state index contributed by atoms with van der Waals surface area (Å²) >= 11 is 6.23. The van der Waals surface area contributed by atoms with Crippen LogP contribution >= 0.6 is 11.6 Å². The van der Waals surface area contributed by atoms with E-state index in [0.717, 1.165) is 16.1 Å². The molecule has 0 spiro atoms. The first kappa shape index (κ1) is 25.2. The molecule has 1 amide bonds. The number of hydrogen-bond donors (Lipinski definition) is 4. The van der Waals surface area contributed by atoms with Crippen LogP contribution in [-0.4, -0.2) is 36.9 Å². The van der Waals surface area contributed by atoms with Crippen LogP contribution in [0.5, 0.6) is 0 Å². The largest absolute Gasteiger partial charge is 0.476 e. The van der Waals surface area contributed by atoms with Crippen LogP contribution in [0, 0.1) is 0 Å². The number of nitrogens with one attached hydrogen (secondary N) is 1. The van der Waals surface area contributed by atoms with Crippen molar-refractivity contribution < 1.29 is 27.5 Å². The van der Waals surface area contributed by atoms with E-state index in [2.05, 4.69) is 10.3 Å². The van der Waals surface area contributed by atoms with Crippen molar-refractivity contribution in [2.24, 2.45) is 11.5 Å². The minimum atomic E-state index is -4.21. The second-order valence-electron chi connectivity index (χ2n) is 7.01. The first-order valence-corrected chi connectivity index (χ1v) is 11.7. The third-order valence-electron chi connectivity index (χ3n) is 4.81. The van der Waals surface area contributed by atoms with Gasteiger partial charge in [-0.3, -0.25) is 9.10 Å². The van der Waals surface area contributed by atoms with Gasteiger partial charge in [0.05, 0.1) is 17.1 Å². The SMILES string of the molecule is NCc1ccc(S(=O)(=O)N(CC(=O)NCc2nc(C(=O)O)co2)c2cccc(Cl)c2CN)cc1. The van der Waals surface area contributed by atoms with Gasteiger partial charge < -0.3 is 26.3 Å². The molecule has 0 saturated carbocycles. The van der Waals surface area contributed by atoms with Gasteiger partial charge in [0.25, 0.3) is 10.0 Å². The highest BCUT2D eigenvalue weighted by molar-refractivity contribution is 7.92. The summed E-state index contributed by atoms with van der Waals surface area (Å²) in [6.07, 6.45) is 0.936. The molecule has 11 nitrogen and oxygen atoms in total. The summed E-state index contributed by atoms with van der Waals surface area (Å²) < 4.78 is 33.0. The third-order valence-corrected chi connectivity index (χ3v) is 6.94. The van der Waals surface area contributed by atoms with E-state index in [1.54, 1.807) is 24.3 Å². The highest BCUT2D eigenvalue weighted by atomic mass is 35.5. The number of nitrogens with two attached hydrogens (primary N) is 2. The fourth-order valence-corrected chi connectivity index (χ4v) is 4.76. The topological polar surface area (TPSA) is 182 Å². The molecular formula is C21H22ClN5O6S. The van der Waals surface area contributed by atoms with Crippen LogP contribution in [0.25, 0.3) is 0 Å². The van der Waals surface area contributed by atoms with Crippen LogP contribution in [0.3, 0.4) is 0 Å². The summed E-state index contributed by atoms with van der Waals surface area (Å²) in [4.78, 5) is 27.3. The van der Waals surface area contributed by atoms with Crippen molar-refractivity contribution in [2.45, 2.75) is 24.5 Å². The number of carboxylic acid groups (broad SMARTS) is 1. The maximum Gasteiger partial charge on any atom is 0.357 e. The Balaban J connectivity index is 1.92. The number of oxazole rings is 1. The smallest absolute Gasteiger partial charge is 0.357 e. The molecule has 0 saturated heterocycles. The molecule has 1 heterocycles. The molecule has 0 bridgehead atoms. The van der Waals surface area contributed by atoms with Crippen molar-refractivity contribution in [1.29, 1.82) is 0 Å². The number of anilines is 1. The number of carbonyl (C=O) groups excluding carboxylic acids is 1. The molecule has 0 atom stereocenters. The lowest BCUT2D eigenvalue weighted by atomic mass is 10.1. The Bertz CT molecular complexity index is 1290. The van der Waals surface area contributed by atoms with Crippen LogP contribution in [0.1, 0.15) is 27.5 Å². The minimum Gasteiger partial charge on any atom is -0.476 e. The number of carbonyl (C=O) groups is 2. The zero-order valence-electron chi connectivity index (χ0n) is 17.8. The summed E-state index contributed by atoms with van der Waals surface area (Å²) in [5.74, 6) is -2.03. The van der Waals surface area contributed by atoms with Crippen molar-refractivity contribution >= 4 is 39.2 Å². The number of benzene rings is 2. The molecule has 0 aliphatic heterocycles. The van der Waals surface area contributed by atoms with Gasteiger partial charge >= 0.3 is 5.97 Å². The Labute approximate surface area is 200 Å². The Morgan fingerprint density at radius 1 is 1.12 bits per heavy atom. The third kappa shape index (κ3) is 5.54. The van der Waals surface area contributed by atoms with E-state index in [1.165, 1.54) is 18.2 Å². The van der Waals surface area contributed by atoms with Crippen molar-refractivity contribution in [2.75, 3.05) is 10.8 Å². The fourth-order valence-electron chi connectivity index (χ4n) is 3.06. The number of hydrogen-bond acceptors (Lipinski definition) is 8. The van der Waals surface area contributed by atoms with Gasteiger partial charge in [-0.05, 0) is 29.8 Å². The molecule has 0 fully saturated rings. The second-order valence-corrected chi connectivity index (χ2v) is 9.28. The average Bonchev–Trinajstić information content (AvgIpc) is 3.30. The number of amides is 1. The molecule has 0 radical (unpaired) electrons. The number of halogens is 1. The number of nitrogens with zero attached hydrogens (tertiary/aromatic N) is 2. The molecule has 3 rings (SSSR count). The summed E-state index contributed by atoms with van der Waals surface area (Å²) in [5.41, 5.74) is 12.3. The lowest BCUT2D eigenvalue weighted by Crippen LogP contribution is -2.41. The number of rotatable bonds is 10. The van der Waals surface area contributed by atoms with Gasteiger partial charge in [0.15, 0.2) is 5.69 Å². The second kappa shape index (κ2) is 10.7. The van der Waals surface area contributed by atoms with Crippen LogP contribution in [0.4, 0.5) is 5.69 Å². The molecule has 0 unspecified atom stereocenters. The van der Waals surface area contributed by atoms with Crippen molar-refractivity contribution in [3.63, 3.8) is 0 Å². The quantitative estimate of drug-likeness (QED) is 0.315. The Kier molecular flexibility index (Phi) is 7.89. The monoisotopic (exact) mass is 507 g/mol. The van der Waals surface area contributed by atoms with Gasteiger partial charge in [0, 0.05) is 23.7 Å². The van der Waals surface area contributed by atoms with Gasteiger partial charge in [0.1, 0.15) is 12.8 Å². The van der Waals surface area contributed by atoms with Crippen molar-refractivity contribution in [3.05, 3.63) is 76.5 Å². The highest BCUT2D eigenvalue weighted by Crippen LogP contribution is 2.31. The molecule has 0 aliphatic rings. The molecule has 2 aromatic carbocycles. The predicted octanol–water partition coefficient (Wildman–Crippen LogP) is 1.46. The number of sulfonamides is 1. The van der Waals surface area contributed by atoms with E-state index >= 15 is 0 Å². The Morgan fingerprint density at radius 2 is 1.82 bits per heavy atom. The van der Waals surface area contributed by atoms with Gasteiger partial charge in [0.2, 0.25) is 11.8 Å². The maximum atomic E-state index is 13.5. The molecule has 1 aromatic heterocycles. The van der Waals surface area contributed by atoms with E-state index in [1.807, 2.05) is 0 Å². The zero-order valence-corrected chi connectivity index (χ0v) is 19.3. The maximum absolute atomic E-state index is 13.5. The average molecular weight is 508 g/mol. The molecule has 0 aliphatic carbocycles. The van der Waals surface area contributed by atoms with Crippen LogP contribution < -0.4 is 21.1 Å². The molecular weight excluding hydrogens is 486 g/mol. The summed E-state index contributed by atoms with van der Waals surface area (Å²) in [5, 5.41) is 11.6. The van der Waals surface area contributed by atoms with Gasteiger partial charge in [-0.1, -0.05) is 29.8 Å². The molecule has 180 valence electrons. The predicted molar refractivity (Wildman–Crippen MR) is 124 cm³/mol. The summed E-state index contributed by atoms with van der Waals surface area (Å²) in [6.45, 7) is -0.684. The van der Waals surface area contributed by atoms with Gasteiger partial charge in [-0.15, -0.1) is 0 Å². The first-order valence-electron chi connectivity index (χ1n) is 9.91. The van der Waals surface area contributed by atoms with E-state index < -0.39 is 28.4 Å². The lowest BCUT2D eigenvalue weighted by molar-refractivity contribution is -0.119. The van der Waals surface area contributed by atoms with E-state index in [9.17, 15) is 18.0 Å². The van der Waals surface area contributed by atoms with Crippen molar-refractivity contribution in [3.8, 4) is 0 Å². The zero-order chi connectivity index (χ0) is 24.9. The lowest BCUT2D eigenvalue weighted by Gasteiger charge is -2.26. The Hall–Kier alpha value is -3.45. The number of aromatic nitrogens is 1. The van der Waals surface area contributed by atoms with Crippen LogP contribution in [-0.2, 0) is 34.5 Å².